The molecule has 0 saturated heterocycles. The van der Waals surface area contributed by atoms with Crippen LogP contribution in [0.4, 0.5) is 5.13 Å². The fourth-order valence-electron chi connectivity index (χ4n) is 2.81. The number of aromatic nitrogens is 2. The fraction of sp³-hybridized carbons (Fsp3) is 0.136. The third-order valence-corrected chi connectivity index (χ3v) is 5.11. The molecule has 0 aliphatic heterocycles. The Morgan fingerprint density at radius 2 is 1.71 bits per heavy atom. The van der Waals surface area contributed by atoms with Gasteiger partial charge in [0, 0.05) is 35.9 Å². The van der Waals surface area contributed by atoms with E-state index in [1.165, 1.54) is 16.9 Å². The Balaban J connectivity index is 1.29. The lowest BCUT2D eigenvalue weighted by atomic mass is 10.1. The largest absolute Gasteiger partial charge is 0.441 e. The van der Waals surface area contributed by atoms with Crippen LogP contribution in [-0.4, -0.2) is 15.9 Å². The minimum Gasteiger partial charge on any atom is -0.441 e. The highest BCUT2D eigenvalue weighted by molar-refractivity contribution is 7.15. The van der Waals surface area contributed by atoms with Gasteiger partial charge in [0.25, 0.3) is 0 Å². The van der Waals surface area contributed by atoms with E-state index in [1.54, 1.807) is 6.20 Å². The second-order valence-electron chi connectivity index (χ2n) is 6.33. The van der Waals surface area contributed by atoms with Crippen LogP contribution in [-0.2, 0) is 17.6 Å². The van der Waals surface area contributed by atoms with E-state index in [9.17, 15) is 4.79 Å². The molecule has 28 heavy (non-hydrogen) atoms. The molecule has 4 aromatic rings. The summed E-state index contributed by atoms with van der Waals surface area (Å²) in [6, 6.07) is 20.0. The highest BCUT2D eigenvalue weighted by Crippen LogP contribution is 2.22. The summed E-state index contributed by atoms with van der Waals surface area (Å²) in [6.45, 7) is 0. The topological polar surface area (TPSA) is 68.0 Å². The van der Waals surface area contributed by atoms with E-state index in [-0.39, 0.29) is 5.91 Å². The van der Waals surface area contributed by atoms with Crippen molar-refractivity contribution in [3.05, 3.63) is 89.4 Å². The molecule has 140 valence electrons. The van der Waals surface area contributed by atoms with E-state index in [0.29, 0.717) is 29.6 Å². The minimum absolute atomic E-state index is 0.0972. The van der Waals surface area contributed by atoms with E-state index in [0.717, 1.165) is 16.9 Å². The average Bonchev–Trinajstić information content (AvgIpc) is 3.38. The van der Waals surface area contributed by atoms with Crippen LogP contribution in [0.25, 0.3) is 11.3 Å². The summed E-state index contributed by atoms with van der Waals surface area (Å²) < 4.78 is 5.74. The molecular weight excluding hydrogens is 370 g/mol. The molecule has 0 atom stereocenters. The van der Waals surface area contributed by atoms with Gasteiger partial charge in [0.2, 0.25) is 5.91 Å². The first-order valence-electron chi connectivity index (χ1n) is 9.05. The van der Waals surface area contributed by atoms with Gasteiger partial charge in [-0.3, -0.25) is 4.79 Å². The average molecular weight is 389 g/mol. The zero-order valence-electron chi connectivity index (χ0n) is 15.2. The SMILES string of the molecule is O=C(CCc1ncc(-c2ccccc2)o1)Nc1ncc(Cc2ccccc2)s1. The van der Waals surface area contributed by atoms with Gasteiger partial charge in [0.15, 0.2) is 16.8 Å². The van der Waals surface area contributed by atoms with Crippen LogP contribution in [0, 0.1) is 0 Å². The third kappa shape index (κ3) is 4.72. The summed E-state index contributed by atoms with van der Waals surface area (Å²) in [5.74, 6) is 1.17. The van der Waals surface area contributed by atoms with Crippen molar-refractivity contribution in [3.8, 4) is 11.3 Å². The molecule has 0 unspecified atom stereocenters. The summed E-state index contributed by atoms with van der Waals surface area (Å²) >= 11 is 1.50. The van der Waals surface area contributed by atoms with Crippen LogP contribution in [0.2, 0.25) is 0 Å². The Bertz CT molecular complexity index is 1040. The Kier molecular flexibility index (Phi) is 5.58. The standard InChI is InChI=1S/C22H19N3O2S/c26-20(11-12-21-23-15-19(27-21)17-9-5-2-6-10-17)25-22-24-14-18(28-22)13-16-7-3-1-4-8-16/h1-10,14-15H,11-13H2,(H,24,25,26). The Morgan fingerprint density at radius 3 is 2.50 bits per heavy atom. The summed E-state index contributed by atoms with van der Waals surface area (Å²) in [4.78, 5) is 21.9. The number of benzene rings is 2. The van der Waals surface area contributed by atoms with Crippen LogP contribution in [0.1, 0.15) is 22.8 Å². The minimum atomic E-state index is -0.0972. The van der Waals surface area contributed by atoms with Gasteiger partial charge in [-0.2, -0.15) is 0 Å². The Labute approximate surface area is 167 Å². The second-order valence-corrected chi connectivity index (χ2v) is 7.44. The molecule has 0 spiro atoms. The van der Waals surface area contributed by atoms with E-state index in [1.807, 2.05) is 54.7 Å². The molecule has 0 saturated carbocycles. The number of oxazole rings is 1. The Morgan fingerprint density at radius 1 is 0.964 bits per heavy atom. The van der Waals surface area contributed by atoms with Crippen molar-refractivity contribution in [2.24, 2.45) is 0 Å². The number of nitrogens with one attached hydrogen (secondary N) is 1. The van der Waals surface area contributed by atoms with Gasteiger partial charge in [0.1, 0.15) is 0 Å². The molecule has 0 radical (unpaired) electrons. The normalized spacial score (nSPS) is 10.7. The summed E-state index contributed by atoms with van der Waals surface area (Å²) in [7, 11) is 0. The van der Waals surface area contributed by atoms with E-state index < -0.39 is 0 Å². The fourth-order valence-corrected chi connectivity index (χ4v) is 3.67. The number of rotatable bonds is 7. The lowest BCUT2D eigenvalue weighted by Crippen LogP contribution is -2.12. The second kappa shape index (κ2) is 8.63. The number of hydrogen-bond acceptors (Lipinski definition) is 5. The smallest absolute Gasteiger partial charge is 0.226 e. The van der Waals surface area contributed by atoms with Crippen LogP contribution in [0.3, 0.4) is 0 Å². The molecule has 0 bridgehead atoms. The van der Waals surface area contributed by atoms with Crippen LogP contribution < -0.4 is 5.32 Å². The highest BCUT2D eigenvalue weighted by Gasteiger charge is 2.11. The predicted molar refractivity (Wildman–Crippen MR) is 110 cm³/mol. The van der Waals surface area contributed by atoms with E-state index in [2.05, 4.69) is 27.4 Å². The van der Waals surface area contributed by atoms with Crippen molar-refractivity contribution in [2.75, 3.05) is 5.32 Å². The first kappa shape index (κ1) is 18.1. The number of amides is 1. The van der Waals surface area contributed by atoms with Gasteiger partial charge in [-0.1, -0.05) is 60.7 Å². The third-order valence-electron chi connectivity index (χ3n) is 4.20. The monoisotopic (exact) mass is 389 g/mol. The molecule has 2 heterocycles. The molecule has 2 aromatic heterocycles. The lowest BCUT2D eigenvalue weighted by Gasteiger charge is -2.00. The zero-order valence-corrected chi connectivity index (χ0v) is 16.0. The number of nitrogens with zero attached hydrogens (tertiary/aromatic N) is 2. The molecular formula is C22H19N3O2S. The number of thiazole rings is 1. The van der Waals surface area contributed by atoms with E-state index >= 15 is 0 Å². The van der Waals surface area contributed by atoms with Crippen molar-refractivity contribution in [3.63, 3.8) is 0 Å². The zero-order chi connectivity index (χ0) is 19.2. The quantitative estimate of drug-likeness (QED) is 0.485. The van der Waals surface area contributed by atoms with Crippen molar-refractivity contribution in [1.29, 1.82) is 0 Å². The van der Waals surface area contributed by atoms with Gasteiger partial charge >= 0.3 is 0 Å². The number of anilines is 1. The van der Waals surface area contributed by atoms with Gasteiger partial charge in [-0.25, -0.2) is 9.97 Å². The van der Waals surface area contributed by atoms with Gasteiger partial charge < -0.3 is 9.73 Å². The van der Waals surface area contributed by atoms with Crippen LogP contribution >= 0.6 is 11.3 Å². The summed E-state index contributed by atoms with van der Waals surface area (Å²) in [6.07, 6.45) is 5.06. The van der Waals surface area contributed by atoms with Crippen molar-refractivity contribution in [1.82, 2.24) is 9.97 Å². The number of carbonyl (C=O) groups is 1. The molecule has 1 amide bonds. The van der Waals surface area contributed by atoms with Crippen LogP contribution in [0.5, 0.6) is 0 Å². The molecule has 6 heteroatoms. The van der Waals surface area contributed by atoms with Gasteiger partial charge in [-0.15, -0.1) is 11.3 Å². The van der Waals surface area contributed by atoms with E-state index in [4.69, 9.17) is 4.42 Å². The molecule has 2 aromatic carbocycles. The molecule has 4 rings (SSSR count). The van der Waals surface area contributed by atoms with Crippen LogP contribution in [0.15, 0.2) is 77.5 Å². The maximum Gasteiger partial charge on any atom is 0.226 e. The first-order valence-corrected chi connectivity index (χ1v) is 9.86. The molecule has 0 aliphatic carbocycles. The number of carbonyl (C=O) groups excluding carboxylic acids is 1. The molecule has 0 aliphatic rings. The van der Waals surface area contributed by atoms with Gasteiger partial charge in [0.05, 0.1) is 6.20 Å². The molecule has 0 fully saturated rings. The van der Waals surface area contributed by atoms with Gasteiger partial charge in [-0.05, 0) is 5.56 Å². The molecule has 5 nitrogen and oxygen atoms in total. The van der Waals surface area contributed by atoms with Crippen molar-refractivity contribution in [2.45, 2.75) is 19.3 Å². The molecule has 1 N–H and O–H groups in total. The lowest BCUT2D eigenvalue weighted by molar-refractivity contribution is -0.116. The highest BCUT2D eigenvalue weighted by atomic mass is 32.1. The maximum atomic E-state index is 12.2. The first-order chi connectivity index (χ1) is 13.8. The number of hydrogen-bond donors (Lipinski definition) is 1. The summed E-state index contributed by atoms with van der Waals surface area (Å²) in [5.41, 5.74) is 2.20. The predicted octanol–water partition coefficient (Wildman–Crippen LogP) is 4.96. The number of aryl methyl sites for hydroxylation is 1. The summed E-state index contributed by atoms with van der Waals surface area (Å²) in [5, 5.41) is 3.47. The van der Waals surface area contributed by atoms with Crippen molar-refractivity contribution >= 4 is 22.4 Å². The van der Waals surface area contributed by atoms with Crippen molar-refractivity contribution < 1.29 is 9.21 Å². The Hall–Kier alpha value is -3.25. The maximum absolute atomic E-state index is 12.2.